The molecular weight excluding hydrogens is 604 g/mol. The van der Waals surface area contributed by atoms with Gasteiger partial charge in [-0.1, -0.05) is 18.2 Å². The first-order valence-corrected chi connectivity index (χ1v) is 12.6. The highest BCUT2D eigenvalue weighted by molar-refractivity contribution is 5.96. The minimum absolute atomic E-state index is 0.0466. The lowest BCUT2D eigenvalue weighted by atomic mass is 10.1. The van der Waals surface area contributed by atoms with E-state index in [9.17, 15) is 31.1 Å². The molecule has 11 nitrogen and oxygen atoms in total. The Hall–Kier alpha value is -4.80. The first-order valence-electron chi connectivity index (χ1n) is 12.6. The number of alkyl halides is 6. The van der Waals surface area contributed by atoms with Crippen molar-refractivity contribution in [3.05, 3.63) is 60.4 Å². The first kappa shape index (κ1) is 35.4. The average Bonchev–Trinajstić information content (AvgIpc) is 3.49. The van der Waals surface area contributed by atoms with E-state index in [4.69, 9.17) is 24.5 Å². The number of anilines is 2. The number of nitrogens with zero attached hydrogens (tertiary/aromatic N) is 3. The van der Waals surface area contributed by atoms with Crippen LogP contribution >= 0.6 is 0 Å². The Balaban J connectivity index is 0.000000402. The molecule has 0 saturated carbocycles. The van der Waals surface area contributed by atoms with Crippen LogP contribution in [0.3, 0.4) is 0 Å². The van der Waals surface area contributed by atoms with E-state index in [-0.39, 0.29) is 5.91 Å². The van der Waals surface area contributed by atoms with Gasteiger partial charge in [-0.15, -0.1) is 0 Å². The van der Waals surface area contributed by atoms with Crippen molar-refractivity contribution in [2.24, 2.45) is 0 Å². The number of aromatic nitrogens is 2. The highest BCUT2D eigenvalue weighted by atomic mass is 19.4. The van der Waals surface area contributed by atoms with Crippen LogP contribution in [-0.4, -0.2) is 95.8 Å². The maximum Gasteiger partial charge on any atom is 0.490 e. The molecule has 0 atom stereocenters. The topological polar surface area (TPSA) is 148 Å². The molecule has 1 aromatic heterocycles. The summed E-state index contributed by atoms with van der Waals surface area (Å²) in [6.07, 6.45) is -6.18. The smallest absolute Gasteiger partial charge is 0.490 e. The van der Waals surface area contributed by atoms with Crippen molar-refractivity contribution in [3.8, 4) is 16.9 Å². The van der Waals surface area contributed by atoms with Crippen LogP contribution in [0.4, 0.5) is 37.7 Å². The molecule has 1 aliphatic rings. The molecule has 1 fully saturated rings. The van der Waals surface area contributed by atoms with Gasteiger partial charge >= 0.3 is 24.3 Å². The number of carboxylic acids is 2. The van der Waals surface area contributed by atoms with E-state index in [1.54, 1.807) is 7.11 Å². The van der Waals surface area contributed by atoms with E-state index in [1.807, 2.05) is 48.8 Å². The highest BCUT2D eigenvalue weighted by Gasteiger charge is 2.38. The van der Waals surface area contributed by atoms with Crippen molar-refractivity contribution in [2.75, 3.05) is 50.6 Å². The van der Waals surface area contributed by atoms with E-state index >= 15 is 0 Å². The van der Waals surface area contributed by atoms with Crippen LogP contribution in [0.15, 0.2) is 54.9 Å². The number of carboxylic acid groups (broad SMARTS) is 2. The summed E-state index contributed by atoms with van der Waals surface area (Å²) in [5, 5.41) is 24.3. The van der Waals surface area contributed by atoms with Gasteiger partial charge in [-0.05, 0) is 42.4 Å². The molecule has 2 aromatic carbocycles. The molecule has 44 heavy (non-hydrogen) atoms. The summed E-state index contributed by atoms with van der Waals surface area (Å²) in [6, 6.07) is 13.7. The Morgan fingerprint density at radius 3 is 2.02 bits per heavy atom. The van der Waals surface area contributed by atoms with Crippen LogP contribution in [0.25, 0.3) is 11.1 Å². The van der Waals surface area contributed by atoms with Crippen LogP contribution < -0.4 is 15.0 Å². The number of rotatable bonds is 6. The summed E-state index contributed by atoms with van der Waals surface area (Å²) in [5.41, 5.74) is 4.90. The molecule has 0 aliphatic carbocycles. The van der Waals surface area contributed by atoms with Crippen molar-refractivity contribution in [3.63, 3.8) is 0 Å². The highest BCUT2D eigenvalue weighted by Crippen LogP contribution is 2.32. The molecule has 17 heteroatoms. The van der Waals surface area contributed by atoms with Gasteiger partial charge < -0.3 is 30.1 Å². The number of ether oxygens (including phenoxy) is 1. The van der Waals surface area contributed by atoms with E-state index < -0.39 is 24.3 Å². The third-order valence-corrected chi connectivity index (χ3v) is 5.93. The zero-order chi connectivity index (χ0) is 33.1. The molecule has 1 amide bonds. The second-order valence-electron chi connectivity index (χ2n) is 9.19. The van der Waals surface area contributed by atoms with Gasteiger partial charge in [0.1, 0.15) is 5.75 Å². The lowest BCUT2D eigenvalue weighted by molar-refractivity contribution is -0.193. The van der Waals surface area contributed by atoms with Crippen LogP contribution in [0.2, 0.25) is 0 Å². The van der Waals surface area contributed by atoms with Crippen molar-refractivity contribution < 1.29 is 55.7 Å². The van der Waals surface area contributed by atoms with E-state index in [0.29, 0.717) is 6.42 Å². The minimum atomic E-state index is -5.08. The normalized spacial score (nSPS) is 13.5. The number of amides is 1. The fraction of sp³-hybridized carbons (Fsp3) is 0.333. The Morgan fingerprint density at radius 2 is 1.52 bits per heavy atom. The van der Waals surface area contributed by atoms with Gasteiger partial charge in [-0.3, -0.25) is 9.89 Å². The number of likely N-dealkylation sites (N-methyl/N-ethyl adjacent to an activating group) is 1. The number of carbonyl (C=O) groups is 3. The molecule has 1 aliphatic heterocycles. The Bertz CT molecular complexity index is 1370. The second-order valence-corrected chi connectivity index (χ2v) is 9.19. The minimum Gasteiger partial charge on any atom is -0.497 e. The SMILES string of the molecule is COc1cccc(CC(=O)Nc2ccc(-c3cn[nH]c3)cc2N2CCN(C)CC2)c1.O=C(O)C(F)(F)F.O=C(O)C(F)(F)F. The number of hydrogen-bond donors (Lipinski definition) is 4. The van der Waals surface area contributed by atoms with Gasteiger partial charge in [0.15, 0.2) is 0 Å². The summed E-state index contributed by atoms with van der Waals surface area (Å²) in [4.78, 5) is 35.2. The Labute approximate surface area is 247 Å². The molecule has 2 heterocycles. The average molecular weight is 634 g/mol. The van der Waals surface area contributed by atoms with Gasteiger partial charge in [0.05, 0.1) is 31.1 Å². The fourth-order valence-corrected chi connectivity index (χ4v) is 3.70. The molecule has 3 aromatic rings. The number of methoxy groups -OCH3 is 1. The van der Waals surface area contributed by atoms with Crippen LogP contribution in [0.1, 0.15) is 5.56 Å². The van der Waals surface area contributed by atoms with E-state index in [1.165, 1.54) is 0 Å². The summed E-state index contributed by atoms with van der Waals surface area (Å²) in [7, 11) is 3.76. The largest absolute Gasteiger partial charge is 0.497 e. The Morgan fingerprint density at radius 1 is 0.932 bits per heavy atom. The van der Waals surface area contributed by atoms with Gasteiger partial charge in [-0.25, -0.2) is 9.59 Å². The maximum absolute atomic E-state index is 12.8. The van der Waals surface area contributed by atoms with Crippen LogP contribution in [0.5, 0.6) is 5.75 Å². The number of nitrogens with one attached hydrogen (secondary N) is 2. The third kappa shape index (κ3) is 11.5. The third-order valence-electron chi connectivity index (χ3n) is 5.93. The quantitative estimate of drug-likeness (QED) is 0.292. The summed E-state index contributed by atoms with van der Waals surface area (Å²) in [6.45, 7) is 3.83. The lowest BCUT2D eigenvalue weighted by Gasteiger charge is -2.35. The molecule has 0 radical (unpaired) electrons. The van der Waals surface area contributed by atoms with Gasteiger partial charge in [0, 0.05) is 37.9 Å². The zero-order valence-corrected chi connectivity index (χ0v) is 23.4. The molecule has 4 N–H and O–H groups in total. The molecule has 0 unspecified atom stereocenters. The molecule has 1 saturated heterocycles. The number of aromatic amines is 1. The zero-order valence-electron chi connectivity index (χ0n) is 23.4. The van der Waals surface area contributed by atoms with E-state index in [0.717, 1.165) is 60.0 Å². The number of benzene rings is 2. The number of carbonyl (C=O) groups excluding carboxylic acids is 1. The molecule has 0 spiro atoms. The monoisotopic (exact) mass is 633 g/mol. The molecule has 4 rings (SSSR count). The standard InChI is InChI=1S/C23H27N5O2.2C2HF3O2/c1-27-8-10-28(11-9-27)22-14-18(19-15-24-25-16-19)6-7-21(22)26-23(29)13-17-4-3-5-20(12-17)30-2;2*3-2(4,5)1(6)7/h3-7,12,14-16H,8-11,13H2,1-2H3,(H,24,25)(H,26,29);2*(H,6,7). The van der Waals surface area contributed by atoms with Crippen LogP contribution in [0, 0.1) is 0 Å². The first-order chi connectivity index (χ1) is 20.5. The number of piperazine rings is 1. The molecule has 240 valence electrons. The molecule has 0 bridgehead atoms. The molecular formula is C27H29F6N5O6. The van der Waals surface area contributed by atoms with Crippen molar-refractivity contribution >= 4 is 29.2 Å². The summed E-state index contributed by atoms with van der Waals surface area (Å²) in [5.74, 6) is -4.81. The fourth-order valence-electron chi connectivity index (χ4n) is 3.70. The van der Waals surface area contributed by atoms with Crippen molar-refractivity contribution in [1.29, 1.82) is 0 Å². The summed E-state index contributed by atoms with van der Waals surface area (Å²) < 4.78 is 68.7. The predicted molar refractivity (Wildman–Crippen MR) is 146 cm³/mol. The Kier molecular flexibility index (Phi) is 12.6. The second kappa shape index (κ2) is 15.6. The number of hydrogen-bond acceptors (Lipinski definition) is 7. The number of H-pyrrole nitrogens is 1. The number of halogens is 6. The van der Waals surface area contributed by atoms with E-state index in [2.05, 4.69) is 38.4 Å². The van der Waals surface area contributed by atoms with Crippen molar-refractivity contribution in [2.45, 2.75) is 18.8 Å². The summed E-state index contributed by atoms with van der Waals surface area (Å²) >= 11 is 0. The maximum atomic E-state index is 12.8. The number of aliphatic carboxylic acids is 2. The van der Waals surface area contributed by atoms with Crippen LogP contribution in [-0.2, 0) is 20.8 Å². The van der Waals surface area contributed by atoms with Gasteiger partial charge in [0.2, 0.25) is 5.91 Å². The van der Waals surface area contributed by atoms with Crippen molar-refractivity contribution in [1.82, 2.24) is 15.1 Å². The van der Waals surface area contributed by atoms with Gasteiger partial charge in [0.25, 0.3) is 0 Å². The van der Waals surface area contributed by atoms with Gasteiger partial charge in [-0.2, -0.15) is 31.4 Å². The predicted octanol–water partition coefficient (Wildman–Crippen LogP) is 4.28. The lowest BCUT2D eigenvalue weighted by Crippen LogP contribution is -2.44.